The van der Waals surface area contributed by atoms with Crippen molar-refractivity contribution >= 4 is 30.7 Å². The van der Waals surface area contributed by atoms with Gasteiger partial charge in [0, 0.05) is 25.2 Å². The maximum Gasteiger partial charge on any atom is 0.292 e. The molecule has 1 saturated heterocycles. The molecule has 2 heterocycles. The average molecular weight is 374 g/mol. The molecule has 2 aromatic rings. The highest BCUT2D eigenvalue weighted by Crippen LogP contribution is 2.31. The molecule has 0 aliphatic carbocycles. The van der Waals surface area contributed by atoms with Gasteiger partial charge in [-0.25, -0.2) is 4.98 Å². The molecule has 1 N–H and O–H groups in total. The molecule has 0 spiro atoms. The molecule has 132 valence electrons. The zero-order chi connectivity index (χ0) is 15.5. The van der Waals surface area contributed by atoms with Crippen molar-refractivity contribution < 1.29 is 13.9 Å². The summed E-state index contributed by atoms with van der Waals surface area (Å²) >= 11 is 0. The van der Waals surface area contributed by atoms with E-state index in [9.17, 15) is 4.79 Å². The summed E-state index contributed by atoms with van der Waals surface area (Å²) < 4.78 is 10.7. The molecule has 1 aliphatic heterocycles. The topological polar surface area (TPSA) is 67.6 Å². The number of rotatable bonds is 3. The Morgan fingerprint density at radius 2 is 2.12 bits per heavy atom. The van der Waals surface area contributed by atoms with Crippen LogP contribution in [0, 0.1) is 6.92 Å². The van der Waals surface area contributed by atoms with Crippen LogP contribution in [0.25, 0.3) is 0 Å². The highest BCUT2D eigenvalue weighted by atomic mass is 35.5. The Hall–Kier alpha value is -1.76. The van der Waals surface area contributed by atoms with Crippen molar-refractivity contribution in [2.24, 2.45) is 0 Å². The van der Waals surface area contributed by atoms with E-state index < -0.39 is 0 Å². The second-order valence-electron chi connectivity index (χ2n) is 5.23. The Balaban J connectivity index is 0.00000144. The van der Waals surface area contributed by atoms with Crippen LogP contribution in [-0.2, 0) is 0 Å². The van der Waals surface area contributed by atoms with E-state index in [4.69, 9.17) is 9.15 Å². The molecule has 24 heavy (non-hydrogen) atoms. The lowest BCUT2D eigenvalue weighted by molar-refractivity contribution is 0.0598. The first kappa shape index (κ1) is 20.3. The number of para-hydroxylation sites is 1. The Kier molecular flexibility index (Phi) is 7.54. The number of oxazole rings is 1. The van der Waals surface area contributed by atoms with E-state index in [1.54, 1.807) is 14.0 Å². The van der Waals surface area contributed by atoms with Gasteiger partial charge in [-0.2, -0.15) is 0 Å². The van der Waals surface area contributed by atoms with Crippen molar-refractivity contribution in [1.29, 1.82) is 0 Å². The SMILES string of the molecule is COc1ccccc1C1CNCCN1C(=O)c1ocnc1C.Cl.Cl. The highest BCUT2D eigenvalue weighted by Gasteiger charge is 2.32. The van der Waals surface area contributed by atoms with E-state index in [0.717, 1.165) is 17.9 Å². The molecule has 1 aromatic heterocycles. The second kappa shape index (κ2) is 8.92. The summed E-state index contributed by atoms with van der Waals surface area (Å²) in [5.74, 6) is 0.956. The molecular weight excluding hydrogens is 353 g/mol. The predicted octanol–water partition coefficient (Wildman–Crippen LogP) is 2.62. The summed E-state index contributed by atoms with van der Waals surface area (Å²) in [6.45, 7) is 3.82. The van der Waals surface area contributed by atoms with Gasteiger partial charge in [0.25, 0.3) is 5.91 Å². The first-order valence-corrected chi connectivity index (χ1v) is 7.27. The van der Waals surface area contributed by atoms with Crippen LogP contribution in [0.3, 0.4) is 0 Å². The van der Waals surface area contributed by atoms with Crippen LogP contribution in [0.1, 0.15) is 27.9 Å². The molecule has 1 fully saturated rings. The van der Waals surface area contributed by atoms with E-state index in [0.29, 0.717) is 24.5 Å². The van der Waals surface area contributed by atoms with Crippen LogP contribution in [0.2, 0.25) is 0 Å². The van der Waals surface area contributed by atoms with Gasteiger partial charge in [0.1, 0.15) is 5.75 Å². The lowest BCUT2D eigenvalue weighted by Gasteiger charge is -2.36. The summed E-state index contributed by atoms with van der Waals surface area (Å²) in [4.78, 5) is 18.6. The van der Waals surface area contributed by atoms with E-state index in [-0.39, 0.29) is 36.8 Å². The smallest absolute Gasteiger partial charge is 0.292 e. The monoisotopic (exact) mass is 373 g/mol. The Labute approximate surface area is 153 Å². The molecule has 1 aromatic carbocycles. The van der Waals surface area contributed by atoms with Crippen LogP contribution in [0.5, 0.6) is 5.75 Å². The van der Waals surface area contributed by atoms with Gasteiger partial charge in [-0.1, -0.05) is 18.2 Å². The number of amides is 1. The van der Waals surface area contributed by atoms with E-state index in [1.807, 2.05) is 29.2 Å². The molecule has 1 atom stereocenters. The second-order valence-corrected chi connectivity index (χ2v) is 5.23. The number of piperazine rings is 1. The number of nitrogens with zero attached hydrogens (tertiary/aromatic N) is 2. The summed E-state index contributed by atoms with van der Waals surface area (Å²) in [6.07, 6.45) is 1.31. The predicted molar refractivity (Wildman–Crippen MR) is 95.4 cm³/mol. The normalized spacial score (nSPS) is 16.8. The third-order valence-electron chi connectivity index (χ3n) is 3.94. The third kappa shape index (κ3) is 3.83. The van der Waals surface area contributed by atoms with E-state index in [1.165, 1.54) is 6.39 Å². The molecule has 0 bridgehead atoms. The summed E-state index contributed by atoms with van der Waals surface area (Å²) in [7, 11) is 1.64. The molecule has 1 aliphatic rings. The number of benzene rings is 1. The number of ether oxygens (including phenoxy) is 1. The van der Waals surface area contributed by atoms with Crippen molar-refractivity contribution in [3.63, 3.8) is 0 Å². The van der Waals surface area contributed by atoms with Crippen molar-refractivity contribution in [2.75, 3.05) is 26.7 Å². The van der Waals surface area contributed by atoms with Gasteiger partial charge >= 0.3 is 0 Å². The number of carbonyl (C=O) groups is 1. The lowest BCUT2D eigenvalue weighted by Crippen LogP contribution is -2.48. The minimum atomic E-state index is -0.132. The Morgan fingerprint density at radius 1 is 1.38 bits per heavy atom. The fraction of sp³-hybridized carbons (Fsp3) is 0.375. The van der Waals surface area contributed by atoms with Gasteiger partial charge in [0.05, 0.1) is 18.8 Å². The quantitative estimate of drug-likeness (QED) is 0.895. The summed E-state index contributed by atoms with van der Waals surface area (Å²) in [6, 6.07) is 7.68. The first-order chi connectivity index (χ1) is 10.7. The number of hydrogen-bond donors (Lipinski definition) is 1. The van der Waals surface area contributed by atoms with Crippen LogP contribution >= 0.6 is 24.8 Å². The van der Waals surface area contributed by atoms with E-state index in [2.05, 4.69) is 10.3 Å². The molecule has 1 unspecified atom stereocenters. The average Bonchev–Trinajstić information content (AvgIpc) is 3.00. The maximum absolute atomic E-state index is 12.8. The number of hydrogen-bond acceptors (Lipinski definition) is 5. The number of aromatic nitrogens is 1. The van der Waals surface area contributed by atoms with Gasteiger partial charge in [-0.3, -0.25) is 4.79 Å². The number of nitrogens with one attached hydrogen (secondary N) is 1. The number of aryl methyl sites for hydroxylation is 1. The standard InChI is InChI=1S/C16H19N3O3.2ClH/c1-11-15(22-10-18-11)16(20)19-8-7-17-9-13(19)12-5-3-4-6-14(12)21-2;;/h3-6,10,13,17H,7-9H2,1-2H3;2*1H. The number of halogens is 2. The molecule has 8 heteroatoms. The van der Waals surface area contributed by atoms with Crippen LogP contribution in [0.4, 0.5) is 0 Å². The fourth-order valence-corrected chi connectivity index (χ4v) is 2.80. The van der Waals surface area contributed by atoms with Gasteiger partial charge in [-0.15, -0.1) is 24.8 Å². The molecule has 6 nitrogen and oxygen atoms in total. The molecule has 3 rings (SSSR count). The minimum absolute atomic E-state index is 0. The third-order valence-corrected chi connectivity index (χ3v) is 3.94. The Morgan fingerprint density at radius 3 is 2.79 bits per heavy atom. The summed E-state index contributed by atoms with van der Waals surface area (Å²) in [5, 5.41) is 3.33. The van der Waals surface area contributed by atoms with Crippen LogP contribution in [0.15, 0.2) is 35.1 Å². The molecular formula is C16H21Cl2N3O3. The molecule has 1 amide bonds. The van der Waals surface area contributed by atoms with Gasteiger partial charge in [-0.05, 0) is 13.0 Å². The van der Waals surface area contributed by atoms with Gasteiger partial charge in [0.15, 0.2) is 6.39 Å². The fourth-order valence-electron chi connectivity index (χ4n) is 2.80. The van der Waals surface area contributed by atoms with Crippen molar-refractivity contribution in [1.82, 2.24) is 15.2 Å². The van der Waals surface area contributed by atoms with Gasteiger partial charge < -0.3 is 19.4 Å². The minimum Gasteiger partial charge on any atom is -0.496 e. The largest absolute Gasteiger partial charge is 0.496 e. The number of carbonyl (C=O) groups excluding carboxylic acids is 1. The first-order valence-electron chi connectivity index (χ1n) is 7.27. The summed E-state index contributed by atoms with van der Waals surface area (Å²) in [5.41, 5.74) is 1.60. The van der Waals surface area contributed by atoms with Gasteiger partial charge in [0.2, 0.25) is 5.76 Å². The Bertz CT molecular complexity index is 678. The van der Waals surface area contributed by atoms with E-state index >= 15 is 0 Å². The molecule has 0 saturated carbocycles. The van der Waals surface area contributed by atoms with Crippen molar-refractivity contribution in [2.45, 2.75) is 13.0 Å². The van der Waals surface area contributed by atoms with Crippen molar-refractivity contribution in [3.8, 4) is 5.75 Å². The maximum atomic E-state index is 12.8. The van der Waals surface area contributed by atoms with Crippen LogP contribution < -0.4 is 10.1 Å². The zero-order valence-corrected chi connectivity index (χ0v) is 15.2. The molecule has 0 radical (unpaired) electrons. The highest BCUT2D eigenvalue weighted by molar-refractivity contribution is 5.92. The number of methoxy groups -OCH3 is 1. The van der Waals surface area contributed by atoms with Crippen LogP contribution in [-0.4, -0.2) is 42.5 Å². The lowest BCUT2D eigenvalue weighted by atomic mass is 10.0. The van der Waals surface area contributed by atoms with Crippen molar-refractivity contribution in [3.05, 3.63) is 47.7 Å². The zero-order valence-electron chi connectivity index (χ0n) is 13.5.